The van der Waals surface area contributed by atoms with Gasteiger partial charge in [0.05, 0.1) is 6.61 Å². The Balaban J connectivity index is 1.89. The van der Waals surface area contributed by atoms with E-state index in [2.05, 4.69) is 12.0 Å². The summed E-state index contributed by atoms with van der Waals surface area (Å²) in [6.07, 6.45) is 4.36. The van der Waals surface area contributed by atoms with Crippen LogP contribution in [0.1, 0.15) is 48.7 Å². The van der Waals surface area contributed by atoms with E-state index in [-0.39, 0.29) is 5.91 Å². The third-order valence-corrected chi connectivity index (χ3v) is 4.15. The van der Waals surface area contributed by atoms with E-state index in [1.807, 2.05) is 16.5 Å². The van der Waals surface area contributed by atoms with Crippen LogP contribution in [0.25, 0.3) is 0 Å². The fourth-order valence-electron chi connectivity index (χ4n) is 2.99. The van der Waals surface area contributed by atoms with Crippen molar-refractivity contribution in [2.24, 2.45) is 0 Å². The Morgan fingerprint density at radius 2 is 2.16 bits per heavy atom. The summed E-state index contributed by atoms with van der Waals surface area (Å²) in [5, 5.41) is 4.46. The summed E-state index contributed by atoms with van der Waals surface area (Å²) in [5.74, 6) is 0.842. The summed E-state index contributed by atoms with van der Waals surface area (Å²) >= 11 is 0. The number of fused-ring (bicyclic) bond motifs is 1. The van der Waals surface area contributed by atoms with Gasteiger partial charge in [0, 0.05) is 31.1 Å². The van der Waals surface area contributed by atoms with Crippen molar-refractivity contribution in [1.82, 2.24) is 14.7 Å². The summed E-state index contributed by atoms with van der Waals surface area (Å²) in [4.78, 5) is 14.6. The quantitative estimate of drug-likeness (QED) is 0.778. The van der Waals surface area contributed by atoms with Crippen LogP contribution >= 0.6 is 0 Å². The monoisotopic (exact) mass is 263 g/mol. The molecule has 2 aliphatic heterocycles. The molecule has 0 aliphatic carbocycles. The normalized spacial score (nSPS) is 22.8. The highest BCUT2D eigenvalue weighted by Gasteiger charge is 2.30. The lowest BCUT2D eigenvalue weighted by molar-refractivity contribution is 0.0628. The SMILES string of the molecule is Cc1c(C(=O)N2CCCCC2C)nn2c1OCCC2. The zero-order valence-electron chi connectivity index (χ0n) is 11.7. The van der Waals surface area contributed by atoms with Gasteiger partial charge < -0.3 is 9.64 Å². The molecule has 0 saturated carbocycles. The summed E-state index contributed by atoms with van der Waals surface area (Å²) in [5.41, 5.74) is 1.47. The van der Waals surface area contributed by atoms with E-state index in [4.69, 9.17) is 4.74 Å². The van der Waals surface area contributed by atoms with Gasteiger partial charge in [0.2, 0.25) is 5.88 Å². The summed E-state index contributed by atoms with van der Waals surface area (Å²) < 4.78 is 7.46. The van der Waals surface area contributed by atoms with Gasteiger partial charge in [-0.15, -0.1) is 0 Å². The number of hydrogen-bond donors (Lipinski definition) is 0. The summed E-state index contributed by atoms with van der Waals surface area (Å²) in [6.45, 7) is 6.48. The van der Waals surface area contributed by atoms with E-state index >= 15 is 0 Å². The molecule has 1 saturated heterocycles. The van der Waals surface area contributed by atoms with E-state index in [0.717, 1.165) is 50.4 Å². The first-order chi connectivity index (χ1) is 9.18. The van der Waals surface area contributed by atoms with E-state index < -0.39 is 0 Å². The Labute approximate surface area is 113 Å². The molecule has 0 spiro atoms. The highest BCUT2D eigenvalue weighted by Crippen LogP contribution is 2.27. The first kappa shape index (κ1) is 12.5. The predicted molar refractivity (Wildman–Crippen MR) is 71.4 cm³/mol. The van der Waals surface area contributed by atoms with E-state index in [1.54, 1.807) is 0 Å². The Kier molecular flexibility index (Phi) is 3.21. The zero-order valence-corrected chi connectivity index (χ0v) is 11.7. The summed E-state index contributed by atoms with van der Waals surface area (Å²) in [6, 6.07) is 0.320. The number of aryl methyl sites for hydroxylation is 1. The Morgan fingerprint density at radius 3 is 2.89 bits per heavy atom. The van der Waals surface area contributed by atoms with Crippen LogP contribution in [0.3, 0.4) is 0 Å². The molecule has 3 rings (SSSR count). The van der Waals surface area contributed by atoms with Crippen LogP contribution in [0.4, 0.5) is 0 Å². The van der Waals surface area contributed by atoms with E-state index in [9.17, 15) is 4.79 Å². The van der Waals surface area contributed by atoms with Crippen molar-refractivity contribution in [3.05, 3.63) is 11.3 Å². The second kappa shape index (κ2) is 4.87. The third kappa shape index (κ3) is 2.11. The van der Waals surface area contributed by atoms with Gasteiger partial charge in [-0.1, -0.05) is 0 Å². The molecule has 0 radical (unpaired) electrons. The number of likely N-dealkylation sites (tertiary alicyclic amines) is 1. The van der Waals surface area contributed by atoms with Crippen LogP contribution in [0.5, 0.6) is 5.88 Å². The van der Waals surface area contributed by atoms with Crippen LogP contribution in [-0.2, 0) is 6.54 Å². The highest BCUT2D eigenvalue weighted by atomic mass is 16.5. The van der Waals surface area contributed by atoms with Crippen LogP contribution in [0.15, 0.2) is 0 Å². The second-order valence-corrected chi connectivity index (χ2v) is 5.55. The fraction of sp³-hybridized carbons (Fsp3) is 0.714. The standard InChI is InChI=1S/C14H21N3O2/c1-10-6-3-4-7-16(10)13(18)12-11(2)14-17(15-12)8-5-9-19-14/h10H,3-9H2,1-2H3. The minimum Gasteiger partial charge on any atom is -0.478 e. The molecule has 5 nitrogen and oxygen atoms in total. The van der Waals surface area contributed by atoms with Crippen molar-refractivity contribution >= 4 is 5.91 Å². The Bertz CT molecular complexity index is 495. The van der Waals surface area contributed by atoms with E-state index in [1.165, 1.54) is 6.42 Å². The van der Waals surface area contributed by atoms with Crippen molar-refractivity contribution in [2.45, 2.75) is 52.1 Å². The number of amides is 1. The molecular weight excluding hydrogens is 242 g/mol. The largest absolute Gasteiger partial charge is 0.478 e. The molecule has 1 aromatic heterocycles. The van der Waals surface area contributed by atoms with E-state index in [0.29, 0.717) is 11.7 Å². The molecule has 2 aliphatic rings. The van der Waals surface area contributed by atoms with Crippen LogP contribution in [0.2, 0.25) is 0 Å². The predicted octanol–water partition coefficient (Wildman–Crippen LogP) is 1.99. The van der Waals surface area contributed by atoms with Crippen LogP contribution < -0.4 is 4.74 Å². The molecule has 1 amide bonds. The topological polar surface area (TPSA) is 47.4 Å². The zero-order chi connectivity index (χ0) is 13.4. The van der Waals surface area contributed by atoms with Crippen molar-refractivity contribution in [3.8, 4) is 5.88 Å². The first-order valence-corrected chi connectivity index (χ1v) is 7.19. The van der Waals surface area contributed by atoms with Gasteiger partial charge in [-0.05, 0) is 33.1 Å². The lowest BCUT2D eigenvalue weighted by Crippen LogP contribution is -2.42. The molecular formula is C14H21N3O2. The molecule has 0 aromatic carbocycles. The maximum absolute atomic E-state index is 12.6. The number of aromatic nitrogens is 2. The molecule has 19 heavy (non-hydrogen) atoms. The Hall–Kier alpha value is -1.52. The molecule has 1 atom stereocenters. The second-order valence-electron chi connectivity index (χ2n) is 5.55. The number of carbonyl (C=O) groups excluding carboxylic acids is 1. The third-order valence-electron chi connectivity index (χ3n) is 4.15. The molecule has 5 heteroatoms. The van der Waals surface area contributed by atoms with Gasteiger partial charge in [0.25, 0.3) is 5.91 Å². The van der Waals surface area contributed by atoms with Crippen molar-refractivity contribution < 1.29 is 9.53 Å². The Morgan fingerprint density at radius 1 is 1.32 bits per heavy atom. The van der Waals surface area contributed by atoms with Crippen molar-refractivity contribution in [2.75, 3.05) is 13.2 Å². The minimum absolute atomic E-state index is 0.0650. The summed E-state index contributed by atoms with van der Waals surface area (Å²) in [7, 11) is 0. The van der Waals surface area contributed by atoms with Gasteiger partial charge in [-0.2, -0.15) is 5.10 Å². The van der Waals surface area contributed by atoms with Gasteiger partial charge in [-0.25, -0.2) is 4.68 Å². The van der Waals surface area contributed by atoms with Gasteiger partial charge in [-0.3, -0.25) is 4.79 Å². The number of ether oxygens (including phenoxy) is 1. The fourth-order valence-corrected chi connectivity index (χ4v) is 2.99. The molecule has 0 N–H and O–H groups in total. The maximum Gasteiger partial charge on any atom is 0.275 e. The van der Waals surface area contributed by atoms with Crippen LogP contribution in [0, 0.1) is 6.92 Å². The average molecular weight is 263 g/mol. The lowest BCUT2D eigenvalue weighted by atomic mass is 10.0. The van der Waals surface area contributed by atoms with Crippen LogP contribution in [-0.4, -0.2) is 39.8 Å². The van der Waals surface area contributed by atoms with Gasteiger partial charge in [0.1, 0.15) is 0 Å². The molecule has 1 fully saturated rings. The highest BCUT2D eigenvalue weighted by molar-refractivity contribution is 5.94. The van der Waals surface area contributed by atoms with Gasteiger partial charge >= 0.3 is 0 Å². The number of piperidine rings is 1. The lowest BCUT2D eigenvalue weighted by Gasteiger charge is -2.33. The maximum atomic E-state index is 12.6. The molecule has 1 unspecified atom stereocenters. The molecule has 1 aromatic rings. The van der Waals surface area contributed by atoms with Crippen molar-refractivity contribution in [1.29, 1.82) is 0 Å². The number of carbonyl (C=O) groups is 1. The number of hydrogen-bond acceptors (Lipinski definition) is 3. The minimum atomic E-state index is 0.0650. The number of rotatable bonds is 1. The van der Waals surface area contributed by atoms with Gasteiger partial charge in [0.15, 0.2) is 5.69 Å². The first-order valence-electron chi connectivity index (χ1n) is 7.19. The molecule has 3 heterocycles. The average Bonchev–Trinajstić information content (AvgIpc) is 2.77. The smallest absolute Gasteiger partial charge is 0.275 e. The number of nitrogens with zero attached hydrogens (tertiary/aromatic N) is 3. The molecule has 104 valence electrons. The molecule has 0 bridgehead atoms. The van der Waals surface area contributed by atoms with Crippen molar-refractivity contribution in [3.63, 3.8) is 0 Å².